The minimum absolute atomic E-state index is 0.0806. The number of esters is 1. The Morgan fingerprint density at radius 2 is 2.29 bits per heavy atom. The fraction of sp³-hybridized carbons (Fsp3) is 0.286. The Hall–Kier alpha value is -3.30. The van der Waals surface area contributed by atoms with Crippen LogP contribution in [-0.2, 0) is 9.53 Å². The number of nitro groups is 1. The molecule has 124 valence electrons. The number of tetrazole rings is 1. The smallest absolute Gasteiger partial charge is 0.338 e. The maximum atomic E-state index is 12.3. The van der Waals surface area contributed by atoms with Gasteiger partial charge in [0.25, 0.3) is 5.69 Å². The zero-order valence-electron chi connectivity index (χ0n) is 13.0. The molecule has 2 aromatic rings. The van der Waals surface area contributed by atoms with E-state index >= 15 is 0 Å². The fourth-order valence-electron chi connectivity index (χ4n) is 2.68. The van der Waals surface area contributed by atoms with E-state index in [0.29, 0.717) is 29.2 Å². The third-order valence-electron chi connectivity index (χ3n) is 3.75. The first-order valence-corrected chi connectivity index (χ1v) is 7.17. The molecule has 10 heteroatoms. The first kappa shape index (κ1) is 15.6. The Morgan fingerprint density at radius 3 is 2.96 bits per heavy atom. The van der Waals surface area contributed by atoms with Crippen LogP contribution >= 0.6 is 0 Å². The van der Waals surface area contributed by atoms with Gasteiger partial charge in [-0.1, -0.05) is 24.2 Å². The molecule has 1 aromatic carbocycles. The van der Waals surface area contributed by atoms with Gasteiger partial charge in [0.2, 0.25) is 5.95 Å². The predicted molar refractivity (Wildman–Crippen MR) is 82.0 cm³/mol. The van der Waals surface area contributed by atoms with Crippen LogP contribution < -0.4 is 5.32 Å². The number of allylic oxidation sites excluding steroid dienone is 1. The number of anilines is 1. The lowest BCUT2D eigenvalue weighted by Crippen LogP contribution is -2.30. The van der Waals surface area contributed by atoms with E-state index in [1.54, 1.807) is 12.1 Å². The maximum absolute atomic E-state index is 12.3. The minimum Gasteiger partial charge on any atom is -0.466 e. The van der Waals surface area contributed by atoms with E-state index in [0.717, 1.165) is 0 Å². The second-order valence-electron chi connectivity index (χ2n) is 5.06. The van der Waals surface area contributed by atoms with E-state index in [2.05, 4.69) is 20.8 Å². The van der Waals surface area contributed by atoms with Crippen LogP contribution in [-0.4, -0.2) is 38.2 Å². The Morgan fingerprint density at radius 1 is 1.50 bits per heavy atom. The molecule has 0 bridgehead atoms. The zero-order chi connectivity index (χ0) is 17.3. The molecule has 1 atom stereocenters. The van der Waals surface area contributed by atoms with Crippen LogP contribution in [0.2, 0.25) is 0 Å². The Kier molecular flexibility index (Phi) is 3.94. The van der Waals surface area contributed by atoms with Gasteiger partial charge in [0.15, 0.2) is 0 Å². The molecule has 0 unspecified atom stereocenters. The molecule has 0 fully saturated rings. The van der Waals surface area contributed by atoms with Gasteiger partial charge >= 0.3 is 5.97 Å². The standard InChI is InChI=1S/C14H14N6O4/c1-3-10-11(13(21)24-2)12(19-14(15-10)16-17-18-19)8-5-4-6-9(7-8)20(22)23/h4-7,12H,3H2,1-2H3,(H,15,16,18)/t12-/m0/s1. The number of hydrogen-bond donors (Lipinski definition) is 1. The zero-order valence-corrected chi connectivity index (χ0v) is 13.0. The van der Waals surface area contributed by atoms with Crippen molar-refractivity contribution in [1.82, 2.24) is 20.2 Å². The maximum Gasteiger partial charge on any atom is 0.338 e. The largest absolute Gasteiger partial charge is 0.466 e. The highest BCUT2D eigenvalue weighted by Gasteiger charge is 2.35. The monoisotopic (exact) mass is 330 g/mol. The lowest BCUT2D eigenvalue weighted by molar-refractivity contribution is -0.384. The number of carbonyl (C=O) groups is 1. The molecule has 0 saturated carbocycles. The fourth-order valence-corrected chi connectivity index (χ4v) is 2.68. The van der Waals surface area contributed by atoms with Gasteiger partial charge < -0.3 is 10.1 Å². The van der Waals surface area contributed by atoms with Crippen molar-refractivity contribution in [3.8, 4) is 0 Å². The molecule has 0 amide bonds. The van der Waals surface area contributed by atoms with Crippen molar-refractivity contribution in [2.75, 3.05) is 12.4 Å². The number of aromatic nitrogens is 4. The molecule has 0 saturated heterocycles. The van der Waals surface area contributed by atoms with Crippen molar-refractivity contribution >= 4 is 17.6 Å². The summed E-state index contributed by atoms with van der Waals surface area (Å²) in [5.74, 6) is -0.187. The number of hydrogen-bond acceptors (Lipinski definition) is 8. The van der Waals surface area contributed by atoms with Crippen molar-refractivity contribution in [2.24, 2.45) is 0 Å². The van der Waals surface area contributed by atoms with E-state index in [-0.39, 0.29) is 5.69 Å². The summed E-state index contributed by atoms with van der Waals surface area (Å²) in [5, 5.41) is 25.5. The highest BCUT2D eigenvalue weighted by Crippen LogP contribution is 2.36. The molecule has 1 aromatic heterocycles. The Bertz CT molecular complexity index is 843. The number of fused-ring (bicyclic) bond motifs is 1. The van der Waals surface area contributed by atoms with Gasteiger partial charge in [0, 0.05) is 17.8 Å². The predicted octanol–water partition coefficient (Wildman–Crippen LogP) is 1.43. The summed E-state index contributed by atoms with van der Waals surface area (Å²) in [5.41, 5.74) is 1.37. The number of ether oxygens (including phenoxy) is 1. The SMILES string of the molecule is CCC1=C(C(=O)OC)[C@H](c2cccc([N+](=O)[O-])c2)n2nnnc2N1. The minimum atomic E-state index is -0.710. The molecule has 1 N–H and O–H groups in total. The summed E-state index contributed by atoms with van der Waals surface area (Å²) in [4.78, 5) is 22.9. The summed E-state index contributed by atoms with van der Waals surface area (Å²) in [6.45, 7) is 1.87. The summed E-state index contributed by atoms with van der Waals surface area (Å²) in [6, 6.07) is 5.31. The van der Waals surface area contributed by atoms with Crippen molar-refractivity contribution in [3.63, 3.8) is 0 Å². The molecule has 0 radical (unpaired) electrons. The van der Waals surface area contributed by atoms with Gasteiger partial charge in [-0.05, 0) is 22.4 Å². The van der Waals surface area contributed by atoms with E-state index in [4.69, 9.17) is 4.74 Å². The van der Waals surface area contributed by atoms with Crippen molar-refractivity contribution in [3.05, 3.63) is 51.2 Å². The normalized spacial score (nSPS) is 16.3. The van der Waals surface area contributed by atoms with Gasteiger partial charge in [-0.25, -0.2) is 4.79 Å². The highest BCUT2D eigenvalue weighted by atomic mass is 16.6. The molecule has 1 aliphatic heterocycles. The van der Waals surface area contributed by atoms with Crippen LogP contribution in [0.3, 0.4) is 0 Å². The van der Waals surface area contributed by atoms with Crippen molar-refractivity contribution in [1.29, 1.82) is 0 Å². The van der Waals surface area contributed by atoms with E-state index in [9.17, 15) is 14.9 Å². The number of benzene rings is 1. The average molecular weight is 330 g/mol. The Labute approximate surface area is 136 Å². The summed E-state index contributed by atoms with van der Waals surface area (Å²) in [6.07, 6.45) is 0.517. The van der Waals surface area contributed by atoms with Gasteiger partial charge in [-0.3, -0.25) is 10.1 Å². The molecule has 3 rings (SSSR count). The van der Waals surface area contributed by atoms with Gasteiger partial charge in [-0.15, -0.1) is 0 Å². The molecular formula is C14H14N6O4. The number of carbonyl (C=O) groups excluding carboxylic acids is 1. The van der Waals surface area contributed by atoms with Crippen LogP contribution in [0.5, 0.6) is 0 Å². The summed E-state index contributed by atoms with van der Waals surface area (Å²) < 4.78 is 6.30. The Balaban J connectivity index is 2.21. The highest BCUT2D eigenvalue weighted by molar-refractivity contribution is 5.92. The molecule has 0 aliphatic carbocycles. The lowest BCUT2D eigenvalue weighted by Gasteiger charge is -2.27. The van der Waals surface area contributed by atoms with Crippen LogP contribution in [0.25, 0.3) is 0 Å². The third kappa shape index (κ3) is 2.47. The van der Waals surface area contributed by atoms with E-state index in [1.807, 2.05) is 6.92 Å². The summed E-state index contributed by atoms with van der Waals surface area (Å²) >= 11 is 0. The number of nitro benzene ring substituents is 1. The topological polar surface area (TPSA) is 125 Å². The first-order chi connectivity index (χ1) is 11.6. The molecule has 24 heavy (non-hydrogen) atoms. The second kappa shape index (κ2) is 6.07. The molecule has 1 aliphatic rings. The van der Waals surface area contributed by atoms with Crippen molar-refractivity contribution < 1.29 is 14.5 Å². The molecule has 10 nitrogen and oxygen atoms in total. The number of methoxy groups -OCH3 is 1. The van der Waals surface area contributed by atoms with Gasteiger partial charge in [0.05, 0.1) is 17.6 Å². The quantitative estimate of drug-likeness (QED) is 0.507. The first-order valence-electron chi connectivity index (χ1n) is 7.17. The van der Waals surface area contributed by atoms with Crippen LogP contribution in [0.15, 0.2) is 35.5 Å². The molecule has 0 spiro atoms. The summed E-state index contributed by atoms with van der Waals surface area (Å²) in [7, 11) is 1.28. The number of nitrogens with zero attached hydrogens (tertiary/aromatic N) is 5. The molecular weight excluding hydrogens is 316 g/mol. The number of nitrogens with one attached hydrogen (secondary N) is 1. The van der Waals surface area contributed by atoms with Gasteiger partial charge in [-0.2, -0.15) is 4.68 Å². The number of non-ortho nitro benzene ring substituents is 1. The molecule has 2 heterocycles. The van der Waals surface area contributed by atoms with E-state index < -0.39 is 16.9 Å². The second-order valence-corrected chi connectivity index (χ2v) is 5.06. The van der Waals surface area contributed by atoms with Crippen molar-refractivity contribution in [2.45, 2.75) is 19.4 Å². The van der Waals surface area contributed by atoms with Crippen LogP contribution in [0.4, 0.5) is 11.6 Å². The van der Waals surface area contributed by atoms with Crippen LogP contribution in [0, 0.1) is 10.1 Å². The average Bonchev–Trinajstić information content (AvgIpc) is 3.07. The lowest BCUT2D eigenvalue weighted by atomic mass is 9.94. The van der Waals surface area contributed by atoms with E-state index in [1.165, 1.54) is 23.9 Å². The number of rotatable bonds is 4. The third-order valence-corrected chi connectivity index (χ3v) is 3.75. The van der Waals surface area contributed by atoms with Gasteiger partial charge in [0.1, 0.15) is 6.04 Å². The van der Waals surface area contributed by atoms with Crippen LogP contribution in [0.1, 0.15) is 24.9 Å².